The molecule has 4 nitrogen and oxygen atoms in total. The van der Waals surface area contributed by atoms with Crippen LogP contribution in [-0.4, -0.2) is 21.6 Å². The molecule has 4 aromatic carbocycles. The molecular formula is C58H64N4. The lowest BCUT2D eigenvalue weighted by Gasteiger charge is -2.19. The van der Waals surface area contributed by atoms with Crippen LogP contribution in [-0.2, 0) is 6.42 Å². The molecule has 0 bridgehead atoms. The fraction of sp³-hybridized carbons (Fsp3) is 0.276. The summed E-state index contributed by atoms with van der Waals surface area (Å²) in [6, 6.07) is 31.5. The van der Waals surface area contributed by atoms with Gasteiger partial charge in [-0.2, -0.15) is 0 Å². The fourth-order valence-electron chi connectivity index (χ4n) is 9.24. The molecule has 0 N–H and O–H groups in total. The van der Waals surface area contributed by atoms with E-state index in [0.29, 0.717) is 0 Å². The van der Waals surface area contributed by atoms with Gasteiger partial charge in [-0.25, -0.2) is 0 Å². The van der Waals surface area contributed by atoms with Crippen LogP contribution in [0, 0.1) is 13.8 Å². The molecule has 0 spiro atoms. The molecule has 6 aromatic rings. The first kappa shape index (κ1) is 43.8. The Morgan fingerprint density at radius 3 is 2.13 bits per heavy atom. The van der Waals surface area contributed by atoms with E-state index in [2.05, 4.69) is 196 Å². The van der Waals surface area contributed by atoms with Gasteiger partial charge in [0, 0.05) is 45.5 Å². The third-order valence-corrected chi connectivity index (χ3v) is 12.5. The van der Waals surface area contributed by atoms with Crippen molar-refractivity contribution >= 4 is 51.6 Å². The summed E-state index contributed by atoms with van der Waals surface area (Å²) in [5.41, 5.74) is 20.8. The predicted molar refractivity (Wildman–Crippen MR) is 272 cm³/mol. The lowest BCUT2D eigenvalue weighted by molar-refractivity contribution is 0.848. The van der Waals surface area contributed by atoms with E-state index in [1.807, 2.05) is 13.8 Å². The van der Waals surface area contributed by atoms with Crippen molar-refractivity contribution < 1.29 is 0 Å². The molecule has 0 radical (unpaired) electrons. The first-order chi connectivity index (χ1) is 30.4. The Labute approximate surface area is 370 Å². The average molecular weight is 817 g/mol. The highest BCUT2D eigenvalue weighted by molar-refractivity contribution is 6.16. The maximum absolute atomic E-state index is 5.16. The van der Waals surface area contributed by atoms with Crippen molar-refractivity contribution in [1.29, 1.82) is 0 Å². The van der Waals surface area contributed by atoms with Gasteiger partial charge in [-0.1, -0.05) is 131 Å². The van der Waals surface area contributed by atoms with Gasteiger partial charge in [-0.3, -0.25) is 9.98 Å². The summed E-state index contributed by atoms with van der Waals surface area (Å²) in [6.45, 7) is 21.3. The lowest BCUT2D eigenvalue weighted by atomic mass is 9.93. The minimum Gasteiger partial charge on any atom is -0.310 e. The Hall–Kier alpha value is -6.26. The van der Waals surface area contributed by atoms with Gasteiger partial charge in [0.2, 0.25) is 0 Å². The van der Waals surface area contributed by atoms with E-state index in [-0.39, 0.29) is 0 Å². The van der Waals surface area contributed by atoms with Crippen LogP contribution >= 0.6 is 0 Å². The lowest BCUT2D eigenvalue weighted by Crippen LogP contribution is -2.05. The van der Waals surface area contributed by atoms with Gasteiger partial charge in [0.05, 0.1) is 28.1 Å². The normalized spacial score (nSPS) is 14.4. The standard InChI is InChI=1S/C56H58N4.C2H6/c1-8-12-21-41(10-3)52-37-49-51(58-52)36-35-47-46-22-17-18-24-54(46)60(56(47)49)45-32-28-43(29-33-45)42-26-30-44(31-27-42)59-53(23-13-9-2)38(5)39(6)55(59)48(50(11-4)57-7)34-25-40-19-15-14-16-20-40;1-2/h10,12-15,17-19,21-24,26-33,35-36H,7-9,11,16,20,25,34,37H2,1-6H3;1-2H3/b21-12-,23-13-,41-10+,50-48+;. The van der Waals surface area contributed by atoms with Crippen LogP contribution in [0.15, 0.2) is 154 Å². The maximum Gasteiger partial charge on any atom is 0.0690 e. The number of benzene rings is 4. The Morgan fingerprint density at radius 2 is 1.50 bits per heavy atom. The summed E-state index contributed by atoms with van der Waals surface area (Å²) < 4.78 is 4.93. The van der Waals surface area contributed by atoms with Crippen molar-refractivity contribution in [2.45, 2.75) is 107 Å². The second kappa shape index (κ2) is 20.1. The number of hydrogen-bond donors (Lipinski definition) is 0. The topological polar surface area (TPSA) is 34.6 Å². The molecule has 316 valence electrons. The Kier molecular flexibility index (Phi) is 14.2. The third kappa shape index (κ3) is 8.48. The van der Waals surface area contributed by atoms with Gasteiger partial charge in [0.25, 0.3) is 0 Å². The summed E-state index contributed by atoms with van der Waals surface area (Å²) in [6.07, 6.45) is 25.8. The fourth-order valence-corrected chi connectivity index (χ4v) is 9.24. The van der Waals surface area contributed by atoms with Crippen LogP contribution in [0.25, 0.3) is 56.0 Å². The van der Waals surface area contributed by atoms with Gasteiger partial charge in [-0.15, -0.1) is 0 Å². The zero-order chi connectivity index (χ0) is 43.8. The molecule has 1 aliphatic carbocycles. The zero-order valence-corrected chi connectivity index (χ0v) is 38.4. The van der Waals surface area contributed by atoms with E-state index in [9.17, 15) is 0 Å². The zero-order valence-electron chi connectivity index (χ0n) is 38.4. The number of aliphatic imine (C=N–C) groups is 2. The van der Waals surface area contributed by atoms with E-state index in [1.54, 1.807) is 0 Å². The highest BCUT2D eigenvalue weighted by atomic mass is 15.0. The van der Waals surface area contributed by atoms with Gasteiger partial charge in [0.1, 0.15) is 0 Å². The maximum atomic E-state index is 5.16. The van der Waals surface area contributed by atoms with Crippen LogP contribution in [0.3, 0.4) is 0 Å². The highest BCUT2D eigenvalue weighted by Gasteiger charge is 2.25. The summed E-state index contributed by atoms with van der Waals surface area (Å²) in [7, 11) is 0. The first-order valence-electron chi connectivity index (χ1n) is 23.0. The number of para-hydroxylation sites is 1. The summed E-state index contributed by atoms with van der Waals surface area (Å²) >= 11 is 0. The average Bonchev–Trinajstić information content (AvgIpc) is 3.98. The molecule has 8 rings (SSSR count). The molecule has 2 aliphatic rings. The van der Waals surface area contributed by atoms with Crippen molar-refractivity contribution in [3.63, 3.8) is 0 Å². The number of fused-ring (bicyclic) bond motifs is 5. The third-order valence-electron chi connectivity index (χ3n) is 12.5. The van der Waals surface area contributed by atoms with E-state index >= 15 is 0 Å². The molecule has 0 unspecified atom stereocenters. The molecule has 0 atom stereocenters. The summed E-state index contributed by atoms with van der Waals surface area (Å²) in [5.74, 6) is 0. The largest absolute Gasteiger partial charge is 0.310 e. The van der Waals surface area contributed by atoms with Crippen LogP contribution < -0.4 is 0 Å². The predicted octanol–water partition coefficient (Wildman–Crippen LogP) is 16.7. The van der Waals surface area contributed by atoms with Crippen molar-refractivity contribution in [2.24, 2.45) is 9.98 Å². The molecule has 3 heterocycles. The molecule has 2 aromatic heterocycles. The number of rotatable bonds is 14. The van der Waals surface area contributed by atoms with E-state index in [0.717, 1.165) is 79.8 Å². The smallest absolute Gasteiger partial charge is 0.0690 e. The summed E-state index contributed by atoms with van der Waals surface area (Å²) in [4.78, 5) is 9.79. The quantitative estimate of drug-likeness (QED) is 0.0775. The van der Waals surface area contributed by atoms with Gasteiger partial charge in [0.15, 0.2) is 0 Å². The summed E-state index contributed by atoms with van der Waals surface area (Å²) in [5, 5.41) is 2.53. The molecular weight excluding hydrogens is 753 g/mol. The molecule has 1 aliphatic heterocycles. The minimum absolute atomic E-state index is 0.816. The van der Waals surface area contributed by atoms with E-state index < -0.39 is 0 Å². The highest BCUT2D eigenvalue weighted by Crippen LogP contribution is 2.42. The van der Waals surface area contributed by atoms with Gasteiger partial charge < -0.3 is 9.13 Å². The Bertz CT molecular complexity index is 2800. The van der Waals surface area contributed by atoms with Crippen molar-refractivity contribution in [3.8, 4) is 22.5 Å². The molecule has 62 heavy (non-hydrogen) atoms. The Balaban J connectivity index is 0.00000285. The Morgan fingerprint density at radius 1 is 0.806 bits per heavy atom. The first-order valence-corrected chi connectivity index (χ1v) is 23.0. The van der Waals surface area contributed by atoms with Crippen molar-refractivity contribution in [2.75, 3.05) is 0 Å². The minimum atomic E-state index is 0.816. The monoisotopic (exact) mass is 817 g/mol. The number of hydrogen-bond acceptors (Lipinski definition) is 2. The second-order valence-corrected chi connectivity index (χ2v) is 16.1. The van der Waals surface area contributed by atoms with Gasteiger partial charge in [-0.05, 0) is 148 Å². The van der Waals surface area contributed by atoms with Crippen LogP contribution in [0.2, 0.25) is 0 Å². The molecule has 4 heteroatoms. The number of nitrogens with zero attached hydrogens (tertiary/aromatic N) is 4. The molecule has 0 saturated carbocycles. The van der Waals surface area contributed by atoms with Crippen LogP contribution in [0.1, 0.15) is 115 Å². The van der Waals surface area contributed by atoms with E-state index in [4.69, 9.17) is 4.99 Å². The van der Waals surface area contributed by atoms with E-state index in [1.165, 1.54) is 77.7 Å². The van der Waals surface area contributed by atoms with Crippen LogP contribution in [0.5, 0.6) is 0 Å². The van der Waals surface area contributed by atoms with Crippen molar-refractivity contribution in [1.82, 2.24) is 9.13 Å². The number of allylic oxidation sites excluding steroid dienone is 11. The van der Waals surface area contributed by atoms with Crippen LogP contribution in [0.4, 0.5) is 5.69 Å². The number of aromatic nitrogens is 2. The SMILES string of the molecule is C=N/C(CC)=C(\CCC1=CC=CCC1)c1c(C)c(C)c(/C=C\CC)n1-c1ccc(-c2ccc(-n3c4ccccc4c4ccc5c(c43)CC(C(/C=C\CC)=C/C)=N5)cc2)cc1.CC. The molecule has 0 fully saturated rings. The van der Waals surface area contributed by atoms with Crippen molar-refractivity contribution in [3.05, 3.63) is 172 Å². The molecule has 0 saturated heterocycles. The molecule has 0 amide bonds. The second-order valence-electron chi connectivity index (χ2n) is 16.1. The van der Waals surface area contributed by atoms with Gasteiger partial charge >= 0.3 is 0 Å².